The minimum absolute atomic E-state index is 0.0239. The van der Waals surface area contributed by atoms with Crippen molar-refractivity contribution in [3.8, 4) is 0 Å². The van der Waals surface area contributed by atoms with Crippen LogP contribution in [-0.2, 0) is 0 Å². The first-order valence-electron chi connectivity index (χ1n) is 9.85. The molecule has 7 heteroatoms. The molecule has 3 amide bonds. The van der Waals surface area contributed by atoms with Gasteiger partial charge >= 0.3 is 6.03 Å². The molecular weight excluding hydrogens is 354 g/mol. The van der Waals surface area contributed by atoms with E-state index >= 15 is 0 Å². The van der Waals surface area contributed by atoms with E-state index in [2.05, 4.69) is 9.97 Å². The summed E-state index contributed by atoms with van der Waals surface area (Å²) in [6, 6.07) is 5.66. The molecule has 148 valence electrons. The van der Waals surface area contributed by atoms with Crippen molar-refractivity contribution in [2.45, 2.75) is 32.7 Å². The van der Waals surface area contributed by atoms with E-state index in [1.165, 1.54) is 0 Å². The third-order valence-electron chi connectivity index (χ3n) is 5.95. The Morgan fingerprint density at radius 1 is 1.00 bits per heavy atom. The maximum absolute atomic E-state index is 13.3. The first kappa shape index (κ1) is 18.7. The van der Waals surface area contributed by atoms with Crippen molar-refractivity contribution in [2.75, 3.05) is 33.7 Å². The van der Waals surface area contributed by atoms with Crippen LogP contribution in [0.1, 0.15) is 34.6 Å². The molecule has 0 radical (unpaired) electrons. The Balaban J connectivity index is 1.60. The van der Waals surface area contributed by atoms with Crippen molar-refractivity contribution in [3.63, 3.8) is 0 Å². The molecule has 3 saturated heterocycles. The number of amides is 3. The van der Waals surface area contributed by atoms with Gasteiger partial charge in [0.25, 0.3) is 5.91 Å². The van der Waals surface area contributed by atoms with Gasteiger partial charge < -0.3 is 14.7 Å². The van der Waals surface area contributed by atoms with E-state index in [-0.39, 0.29) is 18.0 Å². The molecule has 2 aromatic rings. The lowest BCUT2D eigenvalue weighted by atomic mass is 9.94. The molecule has 2 bridgehead atoms. The Kier molecular flexibility index (Phi) is 4.69. The molecule has 0 unspecified atom stereocenters. The molecule has 0 spiro atoms. The van der Waals surface area contributed by atoms with Crippen LogP contribution < -0.4 is 0 Å². The molecule has 0 aliphatic carbocycles. The lowest BCUT2D eigenvalue weighted by Crippen LogP contribution is -2.48. The van der Waals surface area contributed by atoms with Crippen LogP contribution in [0.3, 0.4) is 0 Å². The summed E-state index contributed by atoms with van der Waals surface area (Å²) >= 11 is 0. The topological polar surface area (TPSA) is 69.6 Å². The Hall–Kier alpha value is -2.70. The first-order chi connectivity index (χ1) is 13.3. The lowest BCUT2D eigenvalue weighted by molar-refractivity contribution is 0.0586. The SMILES string of the molecule is Cc1nc2ccc(C(=O)N3C[C@H]4CC[C@@H]3CN(C(=O)N(C)C)C4)cc2nc1C. The van der Waals surface area contributed by atoms with Crippen LogP contribution in [0.25, 0.3) is 11.0 Å². The van der Waals surface area contributed by atoms with Crippen molar-refractivity contribution in [3.05, 3.63) is 35.2 Å². The Bertz CT molecular complexity index is 942. The van der Waals surface area contributed by atoms with Gasteiger partial charge in [-0.2, -0.15) is 0 Å². The molecule has 0 saturated carbocycles. The Labute approximate surface area is 165 Å². The fourth-order valence-corrected chi connectivity index (χ4v) is 4.30. The average molecular weight is 381 g/mol. The second-order valence-corrected chi connectivity index (χ2v) is 8.23. The average Bonchev–Trinajstić information content (AvgIpc) is 2.99. The summed E-state index contributed by atoms with van der Waals surface area (Å²) in [5.41, 5.74) is 3.98. The number of carbonyl (C=O) groups excluding carboxylic acids is 2. The number of urea groups is 1. The Morgan fingerprint density at radius 2 is 1.71 bits per heavy atom. The van der Waals surface area contributed by atoms with Crippen LogP contribution in [0, 0.1) is 19.8 Å². The maximum Gasteiger partial charge on any atom is 0.319 e. The zero-order chi connectivity index (χ0) is 20.0. The summed E-state index contributed by atoms with van der Waals surface area (Å²) in [6.45, 7) is 5.90. The summed E-state index contributed by atoms with van der Waals surface area (Å²) in [5.74, 6) is 0.354. The van der Waals surface area contributed by atoms with Gasteiger partial charge in [-0.15, -0.1) is 0 Å². The van der Waals surface area contributed by atoms with Gasteiger partial charge in [-0.3, -0.25) is 4.79 Å². The van der Waals surface area contributed by atoms with E-state index in [0.29, 0.717) is 24.6 Å². The smallest absolute Gasteiger partial charge is 0.319 e. The summed E-state index contributed by atoms with van der Waals surface area (Å²) < 4.78 is 0. The number of benzene rings is 1. The second kappa shape index (κ2) is 7.04. The highest BCUT2D eigenvalue weighted by atomic mass is 16.2. The molecule has 5 rings (SSSR count). The predicted molar refractivity (Wildman–Crippen MR) is 107 cm³/mol. The minimum Gasteiger partial charge on any atom is -0.334 e. The van der Waals surface area contributed by atoms with E-state index in [9.17, 15) is 9.59 Å². The zero-order valence-electron chi connectivity index (χ0n) is 17.0. The molecule has 3 aliphatic rings. The Morgan fingerprint density at radius 3 is 2.43 bits per heavy atom. The number of hydrogen-bond acceptors (Lipinski definition) is 4. The normalized spacial score (nSPS) is 21.7. The number of fused-ring (bicyclic) bond motifs is 5. The monoisotopic (exact) mass is 381 g/mol. The molecule has 3 fully saturated rings. The molecule has 2 atom stereocenters. The number of piperidine rings is 1. The number of aryl methyl sites for hydroxylation is 2. The van der Waals surface area contributed by atoms with E-state index in [4.69, 9.17) is 0 Å². The van der Waals surface area contributed by atoms with Crippen molar-refractivity contribution in [1.29, 1.82) is 0 Å². The van der Waals surface area contributed by atoms with Gasteiger partial charge in [0.15, 0.2) is 0 Å². The predicted octanol–water partition coefficient (Wildman–Crippen LogP) is 2.46. The quantitative estimate of drug-likeness (QED) is 0.761. The summed E-state index contributed by atoms with van der Waals surface area (Å²) in [4.78, 5) is 40.4. The molecule has 1 aromatic heterocycles. The summed E-state index contributed by atoms with van der Waals surface area (Å²) in [7, 11) is 3.55. The lowest BCUT2D eigenvalue weighted by Gasteiger charge is -2.36. The molecule has 4 heterocycles. The molecule has 0 N–H and O–H groups in total. The summed E-state index contributed by atoms with van der Waals surface area (Å²) in [6.07, 6.45) is 2.01. The molecule has 1 aromatic carbocycles. The minimum atomic E-state index is 0.0239. The molecular formula is C21H27N5O2. The molecule has 7 nitrogen and oxygen atoms in total. The molecule has 3 aliphatic heterocycles. The second-order valence-electron chi connectivity index (χ2n) is 8.23. The van der Waals surface area contributed by atoms with Crippen molar-refractivity contribution in [1.82, 2.24) is 24.7 Å². The fourth-order valence-electron chi connectivity index (χ4n) is 4.30. The highest BCUT2D eigenvalue weighted by Crippen LogP contribution is 2.30. The van der Waals surface area contributed by atoms with E-state index < -0.39 is 0 Å². The van der Waals surface area contributed by atoms with Crippen LogP contribution in [0.15, 0.2) is 18.2 Å². The number of carbonyl (C=O) groups is 2. The standard InChI is InChI=1S/C21H27N5O2/c1-13-14(2)23-19-9-16(6-8-18(19)22-13)20(27)26-11-15-5-7-17(26)12-25(10-15)21(28)24(3)4/h6,8-9,15,17H,5,7,10-12H2,1-4H3/t15-,17+/m0/s1. The van der Waals surface area contributed by atoms with E-state index in [0.717, 1.165) is 41.8 Å². The van der Waals surface area contributed by atoms with Gasteiger partial charge in [0.1, 0.15) is 0 Å². The molecule has 28 heavy (non-hydrogen) atoms. The first-order valence-corrected chi connectivity index (χ1v) is 9.85. The number of nitrogens with zero attached hydrogens (tertiary/aromatic N) is 5. The van der Waals surface area contributed by atoms with Crippen molar-refractivity contribution < 1.29 is 9.59 Å². The maximum atomic E-state index is 13.3. The number of aromatic nitrogens is 2. The largest absolute Gasteiger partial charge is 0.334 e. The van der Waals surface area contributed by atoms with Gasteiger partial charge in [0.2, 0.25) is 0 Å². The van der Waals surface area contributed by atoms with E-state index in [1.807, 2.05) is 41.8 Å². The van der Waals surface area contributed by atoms with Crippen LogP contribution in [-0.4, -0.2) is 76.4 Å². The summed E-state index contributed by atoms with van der Waals surface area (Å²) in [5, 5.41) is 0. The van der Waals surface area contributed by atoms with Gasteiger partial charge in [0, 0.05) is 45.3 Å². The van der Waals surface area contributed by atoms with Gasteiger partial charge in [-0.25, -0.2) is 14.8 Å². The van der Waals surface area contributed by atoms with Crippen LogP contribution in [0.5, 0.6) is 0 Å². The number of hydrogen-bond donors (Lipinski definition) is 0. The van der Waals surface area contributed by atoms with Gasteiger partial charge in [-0.1, -0.05) is 0 Å². The third kappa shape index (κ3) is 3.30. The van der Waals surface area contributed by atoms with Crippen molar-refractivity contribution >= 4 is 23.0 Å². The fraction of sp³-hybridized carbons (Fsp3) is 0.524. The number of rotatable bonds is 1. The van der Waals surface area contributed by atoms with Crippen LogP contribution in [0.4, 0.5) is 4.79 Å². The van der Waals surface area contributed by atoms with Crippen LogP contribution in [0.2, 0.25) is 0 Å². The highest BCUT2D eigenvalue weighted by Gasteiger charge is 2.39. The van der Waals surface area contributed by atoms with Gasteiger partial charge in [0.05, 0.1) is 22.4 Å². The van der Waals surface area contributed by atoms with Crippen molar-refractivity contribution in [2.24, 2.45) is 5.92 Å². The zero-order valence-corrected chi connectivity index (χ0v) is 17.0. The van der Waals surface area contributed by atoms with E-state index in [1.54, 1.807) is 19.0 Å². The van der Waals surface area contributed by atoms with Crippen LogP contribution >= 0.6 is 0 Å². The highest BCUT2D eigenvalue weighted by molar-refractivity contribution is 5.97. The third-order valence-corrected chi connectivity index (χ3v) is 5.95. The van der Waals surface area contributed by atoms with Gasteiger partial charge in [-0.05, 0) is 50.8 Å².